The number of carbonyl (C=O) groups excluding carboxylic acids is 1. The molecular formula is C17H25FN2O3S. The maximum Gasteiger partial charge on any atom is 0.243 e. The van der Waals surface area contributed by atoms with E-state index in [1.165, 1.54) is 16.4 Å². The van der Waals surface area contributed by atoms with Gasteiger partial charge in [0, 0.05) is 19.1 Å². The van der Waals surface area contributed by atoms with Gasteiger partial charge in [0.25, 0.3) is 0 Å². The van der Waals surface area contributed by atoms with Crippen LogP contribution in [0.5, 0.6) is 0 Å². The van der Waals surface area contributed by atoms with Crippen molar-refractivity contribution in [3.8, 4) is 0 Å². The fourth-order valence-electron chi connectivity index (χ4n) is 2.64. The summed E-state index contributed by atoms with van der Waals surface area (Å²) in [4.78, 5) is 12.4. The molecular weight excluding hydrogens is 331 g/mol. The Labute approximate surface area is 143 Å². The molecule has 0 aliphatic carbocycles. The Morgan fingerprint density at radius 1 is 1.25 bits per heavy atom. The van der Waals surface area contributed by atoms with Gasteiger partial charge < -0.3 is 5.32 Å². The summed E-state index contributed by atoms with van der Waals surface area (Å²) in [5.74, 6) is -0.616. The highest BCUT2D eigenvalue weighted by atomic mass is 32.2. The number of halogens is 1. The lowest BCUT2D eigenvalue weighted by molar-refractivity contribution is -0.127. The van der Waals surface area contributed by atoms with Crippen LogP contribution in [0.2, 0.25) is 0 Å². The number of sulfonamides is 1. The first-order valence-electron chi connectivity index (χ1n) is 8.28. The maximum atomic E-state index is 13.0. The number of piperidine rings is 1. The van der Waals surface area contributed by atoms with Crippen LogP contribution >= 0.6 is 0 Å². The Hall–Kier alpha value is -1.47. The maximum absolute atomic E-state index is 13.0. The van der Waals surface area contributed by atoms with Crippen LogP contribution in [0.1, 0.15) is 33.6 Å². The van der Waals surface area contributed by atoms with Crippen molar-refractivity contribution in [2.24, 2.45) is 11.8 Å². The van der Waals surface area contributed by atoms with Gasteiger partial charge in [-0.3, -0.25) is 4.79 Å². The van der Waals surface area contributed by atoms with Crippen molar-refractivity contribution in [2.45, 2.75) is 44.6 Å². The first kappa shape index (κ1) is 18.9. The van der Waals surface area contributed by atoms with Gasteiger partial charge in [0.15, 0.2) is 0 Å². The highest BCUT2D eigenvalue weighted by molar-refractivity contribution is 7.89. The molecule has 1 aliphatic heterocycles. The van der Waals surface area contributed by atoms with Gasteiger partial charge in [-0.05, 0) is 49.9 Å². The predicted octanol–water partition coefficient (Wildman–Crippen LogP) is 2.39. The molecule has 0 aromatic heterocycles. The van der Waals surface area contributed by atoms with Crippen molar-refractivity contribution < 1.29 is 17.6 Å². The van der Waals surface area contributed by atoms with Crippen LogP contribution in [-0.2, 0) is 14.8 Å². The van der Waals surface area contributed by atoms with Crippen LogP contribution in [0.4, 0.5) is 4.39 Å². The lowest BCUT2D eigenvalue weighted by Crippen LogP contribution is -2.47. The molecule has 1 aromatic rings. The number of hydrogen-bond acceptors (Lipinski definition) is 3. The minimum Gasteiger partial charge on any atom is -0.353 e. The molecule has 1 amide bonds. The number of benzene rings is 1. The smallest absolute Gasteiger partial charge is 0.243 e. The number of nitrogens with one attached hydrogen (secondary N) is 1. The first-order chi connectivity index (χ1) is 11.2. The summed E-state index contributed by atoms with van der Waals surface area (Å²) in [6.45, 7) is 6.53. The largest absolute Gasteiger partial charge is 0.353 e. The summed E-state index contributed by atoms with van der Waals surface area (Å²) < 4.78 is 39.7. The lowest BCUT2D eigenvalue weighted by Gasteiger charge is -2.32. The summed E-state index contributed by atoms with van der Waals surface area (Å²) >= 11 is 0. The Morgan fingerprint density at radius 3 is 2.46 bits per heavy atom. The highest BCUT2D eigenvalue weighted by Gasteiger charge is 2.33. The van der Waals surface area contributed by atoms with Crippen LogP contribution in [0.3, 0.4) is 0 Å². The van der Waals surface area contributed by atoms with E-state index in [1.807, 2.05) is 20.8 Å². The molecule has 0 radical (unpaired) electrons. The van der Waals surface area contributed by atoms with E-state index < -0.39 is 15.8 Å². The Morgan fingerprint density at radius 2 is 1.88 bits per heavy atom. The second-order valence-corrected chi connectivity index (χ2v) is 8.64. The number of carbonyl (C=O) groups is 1. The molecule has 1 aliphatic rings. The number of nitrogens with zero attached hydrogens (tertiary/aromatic N) is 1. The molecule has 5 nitrogen and oxygen atoms in total. The van der Waals surface area contributed by atoms with Gasteiger partial charge in [0.05, 0.1) is 10.8 Å². The molecule has 1 saturated heterocycles. The highest BCUT2D eigenvalue weighted by Crippen LogP contribution is 2.24. The Kier molecular flexibility index (Phi) is 5.98. The molecule has 1 heterocycles. The minimum atomic E-state index is -3.70. The second kappa shape index (κ2) is 7.61. The van der Waals surface area contributed by atoms with E-state index >= 15 is 0 Å². The molecule has 0 saturated carbocycles. The first-order valence-corrected chi connectivity index (χ1v) is 9.72. The van der Waals surface area contributed by atoms with Crippen molar-refractivity contribution in [1.29, 1.82) is 0 Å². The molecule has 24 heavy (non-hydrogen) atoms. The van der Waals surface area contributed by atoms with Crippen molar-refractivity contribution in [1.82, 2.24) is 9.62 Å². The third-order valence-corrected chi connectivity index (χ3v) is 6.46. The lowest BCUT2D eigenvalue weighted by atomic mass is 9.97. The molecule has 2 rings (SSSR count). The number of hydrogen-bond donors (Lipinski definition) is 1. The third-order valence-electron chi connectivity index (χ3n) is 4.58. The van der Waals surface area contributed by atoms with Crippen molar-refractivity contribution in [3.05, 3.63) is 30.1 Å². The summed E-state index contributed by atoms with van der Waals surface area (Å²) in [7, 11) is -3.70. The monoisotopic (exact) mass is 356 g/mol. The van der Waals surface area contributed by atoms with E-state index in [0.717, 1.165) is 12.1 Å². The molecule has 1 N–H and O–H groups in total. The SMILES string of the molecule is CC(C)C(C)NC(=O)C1CCCN(S(=O)(=O)c2ccc(F)cc2)C1. The van der Waals surface area contributed by atoms with Crippen LogP contribution < -0.4 is 5.32 Å². The van der Waals surface area contributed by atoms with Crippen LogP contribution in [0.25, 0.3) is 0 Å². The van der Waals surface area contributed by atoms with Gasteiger partial charge in [-0.25, -0.2) is 12.8 Å². The van der Waals surface area contributed by atoms with Gasteiger partial charge in [-0.15, -0.1) is 0 Å². The van der Waals surface area contributed by atoms with E-state index in [-0.39, 0.29) is 29.3 Å². The standard InChI is InChI=1S/C17H25FN2O3S/c1-12(2)13(3)19-17(21)14-5-4-10-20(11-14)24(22,23)16-8-6-15(18)7-9-16/h6-9,12-14H,4-5,10-11H2,1-3H3,(H,19,21). The zero-order valence-corrected chi connectivity index (χ0v) is 15.1. The van der Waals surface area contributed by atoms with Crippen molar-refractivity contribution >= 4 is 15.9 Å². The van der Waals surface area contributed by atoms with E-state index in [4.69, 9.17) is 0 Å². The normalized spacial score (nSPS) is 20.8. The van der Waals surface area contributed by atoms with E-state index in [2.05, 4.69) is 5.32 Å². The van der Waals surface area contributed by atoms with E-state index in [9.17, 15) is 17.6 Å². The molecule has 0 spiro atoms. The average molecular weight is 356 g/mol. The van der Waals surface area contributed by atoms with Crippen molar-refractivity contribution in [3.63, 3.8) is 0 Å². The minimum absolute atomic E-state index is 0.0431. The second-order valence-electron chi connectivity index (χ2n) is 6.70. The quantitative estimate of drug-likeness (QED) is 0.881. The van der Waals surface area contributed by atoms with Gasteiger partial charge in [-0.2, -0.15) is 4.31 Å². The van der Waals surface area contributed by atoms with Gasteiger partial charge in [-0.1, -0.05) is 13.8 Å². The summed E-state index contributed by atoms with van der Waals surface area (Å²) in [6.07, 6.45) is 1.31. The number of rotatable bonds is 5. The van der Waals surface area contributed by atoms with Gasteiger partial charge in [0.1, 0.15) is 5.82 Å². The zero-order valence-electron chi connectivity index (χ0n) is 14.3. The van der Waals surface area contributed by atoms with Crippen LogP contribution in [0, 0.1) is 17.7 Å². The molecule has 134 valence electrons. The molecule has 7 heteroatoms. The van der Waals surface area contributed by atoms with Gasteiger partial charge in [0.2, 0.25) is 15.9 Å². The number of amides is 1. The van der Waals surface area contributed by atoms with Gasteiger partial charge >= 0.3 is 0 Å². The van der Waals surface area contributed by atoms with E-state index in [0.29, 0.717) is 25.3 Å². The zero-order chi connectivity index (χ0) is 17.9. The van der Waals surface area contributed by atoms with Crippen LogP contribution in [-0.4, -0.2) is 37.8 Å². The van der Waals surface area contributed by atoms with E-state index in [1.54, 1.807) is 0 Å². The topological polar surface area (TPSA) is 66.5 Å². The molecule has 1 fully saturated rings. The Bertz CT molecular complexity index is 674. The molecule has 0 bridgehead atoms. The third kappa shape index (κ3) is 4.33. The summed E-state index contributed by atoms with van der Waals surface area (Å²) in [5, 5.41) is 2.96. The van der Waals surface area contributed by atoms with Crippen LogP contribution in [0.15, 0.2) is 29.2 Å². The fraction of sp³-hybridized carbons (Fsp3) is 0.588. The fourth-order valence-corrected chi connectivity index (χ4v) is 4.16. The molecule has 2 unspecified atom stereocenters. The Balaban J connectivity index is 2.09. The average Bonchev–Trinajstić information content (AvgIpc) is 2.55. The summed E-state index contributed by atoms with van der Waals surface area (Å²) in [5.41, 5.74) is 0. The molecule has 1 aromatic carbocycles. The van der Waals surface area contributed by atoms with Crippen molar-refractivity contribution in [2.75, 3.05) is 13.1 Å². The summed E-state index contributed by atoms with van der Waals surface area (Å²) in [6, 6.07) is 4.82. The molecule has 2 atom stereocenters. The predicted molar refractivity (Wildman–Crippen MR) is 90.3 cm³/mol.